The predicted molar refractivity (Wildman–Crippen MR) is 90.1 cm³/mol. The summed E-state index contributed by atoms with van der Waals surface area (Å²) in [6.07, 6.45) is 0. The van der Waals surface area contributed by atoms with Gasteiger partial charge in [0.15, 0.2) is 0 Å². The minimum Gasteiger partial charge on any atom is -0.350 e. The molecule has 1 atom stereocenters. The fourth-order valence-electron chi connectivity index (χ4n) is 2.77. The van der Waals surface area contributed by atoms with Gasteiger partial charge in [-0.1, -0.05) is 42.5 Å². The first-order valence-electron chi connectivity index (χ1n) is 7.51. The van der Waals surface area contributed by atoms with Gasteiger partial charge in [-0.15, -0.1) is 0 Å². The zero-order valence-corrected chi connectivity index (χ0v) is 13.1. The smallest absolute Gasteiger partial charge is 0.268 e. The Bertz CT molecular complexity index is 818. The Hall–Kier alpha value is -2.55. The lowest BCUT2D eigenvalue weighted by molar-refractivity contribution is 0.0935. The average Bonchev–Trinajstić information content (AvgIpc) is 2.84. The molecule has 0 bridgehead atoms. The number of carbonyl (C=O) groups is 1. The van der Waals surface area contributed by atoms with Gasteiger partial charge in [-0.3, -0.25) is 4.79 Å². The summed E-state index contributed by atoms with van der Waals surface area (Å²) in [5.41, 5.74) is 4.92. The molecule has 0 saturated carbocycles. The monoisotopic (exact) mass is 292 g/mol. The number of H-pyrrole nitrogens is 1. The summed E-state index contributed by atoms with van der Waals surface area (Å²) >= 11 is 0. The number of benzene rings is 2. The molecule has 0 aliphatic heterocycles. The summed E-state index contributed by atoms with van der Waals surface area (Å²) in [7, 11) is 0. The van der Waals surface area contributed by atoms with Crippen molar-refractivity contribution in [3.05, 3.63) is 70.9 Å². The highest BCUT2D eigenvalue weighted by atomic mass is 16.1. The van der Waals surface area contributed by atoms with Crippen molar-refractivity contribution in [2.75, 3.05) is 0 Å². The molecule has 112 valence electrons. The maximum Gasteiger partial charge on any atom is 0.268 e. The van der Waals surface area contributed by atoms with E-state index in [1.165, 1.54) is 5.56 Å². The molecule has 22 heavy (non-hydrogen) atoms. The van der Waals surface area contributed by atoms with Gasteiger partial charge in [0, 0.05) is 10.9 Å². The van der Waals surface area contributed by atoms with Gasteiger partial charge in [0.1, 0.15) is 5.69 Å². The number of nitrogens with one attached hydrogen (secondary N) is 2. The van der Waals surface area contributed by atoms with Gasteiger partial charge in [-0.2, -0.15) is 0 Å². The van der Waals surface area contributed by atoms with E-state index in [1.54, 1.807) is 0 Å². The maximum atomic E-state index is 12.6. The number of rotatable bonds is 3. The molecule has 1 heterocycles. The van der Waals surface area contributed by atoms with Gasteiger partial charge in [0.2, 0.25) is 0 Å². The molecule has 2 aromatic carbocycles. The molecule has 3 aromatic rings. The number of aromatic amines is 1. The van der Waals surface area contributed by atoms with E-state index in [4.69, 9.17) is 0 Å². The average molecular weight is 292 g/mol. The minimum absolute atomic E-state index is 0.0266. The lowest BCUT2D eigenvalue weighted by Crippen LogP contribution is -2.27. The largest absolute Gasteiger partial charge is 0.350 e. The Labute approximate surface area is 130 Å². The van der Waals surface area contributed by atoms with Gasteiger partial charge >= 0.3 is 0 Å². The summed E-state index contributed by atoms with van der Waals surface area (Å²) in [6.45, 7) is 6.03. The first-order valence-corrected chi connectivity index (χ1v) is 7.51. The first kappa shape index (κ1) is 14.4. The van der Waals surface area contributed by atoms with Crippen molar-refractivity contribution in [1.82, 2.24) is 10.3 Å². The number of hydrogen-bond donors (Lipinski definition) is 2. The van der Waals surface area contributed by atoms with E-state index >= 15 is 0 Å². The summed E-state index contributed by atoms with van der Waals surface area (Å²) in [5, 5.41) is 4.16. The molecular weight excluding hydrogens is 272 g/mol. The van der Waals surface area contributed by atoms with E-state index in [0.29, 0.717) is 5.69 Å². The van der Waals surface area contributed by atoms with E-state index in [1.807, 2.05) is 51.1 Å². The highest BCUT2D eigenvalue weighted by Gasteiger charge is 2.17. The van der Waals surface area contributed by atoms with Crippen LogP contribution in [0.4, 0.5) is 0 Å². The van der Waals surface area contributed by atoms with Crippen molar-refractivity contribution in [3.8, 4) is 0 Å². The van der Waals surface area contributed by atoms with Crippen LogP contribution in [0.25, 0.3) is 10.9 Å². The van der Waals surface area contributed by atoms with Crippen LogP contribution < -0.4 is 5.32 Å². The Balaban J connectivity index is 1.88. The zero-order chi connectivity index (χ0) is 15.7. The van der Waals surface area contributed by atoms with Crippen LogP contribution in [0.15, 0.2) is 48.5 Å². The van der Waals surface area contributed by atoms with Crippen LogP contribution in [-0.4, -0.2) is 10.9 Å². The van der Waals surface area contributed by atoms with E-state index in [9.17, 15) is 4.79 Å². The quantitative estimate of drug-likeness (QED) is 0.743. The molecule has 1 aromatic heterocycles. The van der Waals surface area contributed by atoms with Gasteiger partial charge < -0.3 is 10.3 Å². The van der Waals surface area contributed by atoms with Crippen LogP contribution >= 0.6 is 0 Å². The molecule has 0 saturated heterocycles. The van der Waals surface area contributed by atoms with Crippen LogP contribution in [0.2, 0.25) is 0 Å². The van der Waals surface area contributed by atoms with Gasteiger partial charge in [0.05, 0.1) is 6.04 Å². The summed E-state index contributed by atoms with van der Waals surface area (Å²) in [6, 6.07) is 16.1. The van der Waals surface area contributed by atoms with Crippen molar-refractivity contribution in [1.29, 1.82) is 0 Å². The van der Waals surface area contributed by atoms with E-state index < -0.39 is 0 Å². The number of carbonyl (C=O) groups excluding carboxylic acids is 1. The first-order chi connectivity index (χ1) is 10.6. The fourth-order valence-corrected chi connectivity index (χ4v) is 2.77. The van der Waals surface area contributed by atoms with Gasteiger partial charge in [-0.05, 0) is 43.5 Å². The molecule has 3 rings (SSSR count). The molecule has 0 aliphatic carbocycles. The Morgan fingerprint density at radius 1 is 1.09 bits per heavy atom. The lowest BCUT2D eigenvalue weighted by Gasteiger charge is -2.14. The van der Waals surface area contributed by atoms with E-state index in [2.05, 4.69) is 28.5 Å². The molecule has 3 nitrogen and oxygen atoms in total. The number of aryl methyl sites for hydroxylation is 2. The molecular formula is C19H20N2O. The molecule has 0 spiro atoms. The third kappa shape index (κ3) is 2.62. The number of aromatic nitrogens is 1. The second-order valence-corrected chi connectivity index (χ2v) is 5.78. The maximum absolute atomic E-state index is 12.6. The number of amides is 1. The zero-order valence-electron chi connectivity index (χ0n) is 13.1. The Kier molecular flexibility index (Phi) is 3.72. The van der Waals surface area contributed by atoms with Crippen molar-refractivity contribution in [2.45, 2.75) is 26.8 Å². The highest BCUT2D eigenvalue weighted by molar-refractivity contribution is 6.01. The van der Waals surface area contributed by atoms with E-state index in [0.717, 1.165) is 22.0 Å². The second-order valence-electron chi connectivity index (χ2n) is 5.78. The lowest BCUT2D eigenvalue weighted by atomic mass is 10.1. The van der Waals surface area contributed by atoms with E-state index in [-0.39, 0.29) is 11.9 Å². The van der Waals surface area contributed by atoms with Crippen LogP contribution in [0, 0.1) is 13.8 Å². The normalized spacial score (nSPS) is 12.3. The van der Waals surface area contributed by atoms with Crippen molar-refractivity contribution in [2.24, 2.45) is 0 Å². The molecule has 2 N–H and O–H groups in total. The molecule has 0 fully saturated rings. The molecule has 3 heteroatoms. The predicted octanol–water partition coefficient (Wildman–Crippen LogP) is 4.28. The van der Waals surface area contributed by atoms with Crippen LogP contribution in [0.1, 0.15) is 40.1 Å². The highest BCUT2D eigenvalue weighted by Crippen LogP contribution is 2.23. The van der Waals surface area contributed by atoms with Gasteiger partial charge in [-0.25, -0.2) is 0 Å². The van der Waals surface area contributed by atoms with Crippen LogP contribution in [0.3, 0.4) is 0 Å². The molecule has 1 unspecified atom stereocenters. The minimum atomic E-state index is -0.0669. The molecule has 0 radical (unpaired) electrons. The van der Waals surface area contributed by atoms with Crippen molar-refractivity contribution in [3.63, 3.8) is 0 Å². The Morgan fingerprint density at radius 2 is 1.82 bits per heavy atom. The molecule has 0 aliphatic rings. The summed E-state index contributed by atoms with van der Waals surface area (Å²) in [5.74, 6) is -0.0669. The number of hydrogen-bond acceptors (Lipinski definition) is 1. The van der Waals surface area contributed by atoms with Crippen molar-refractivity contribution >= 4 is 16.8 Å². The third-order valence-corrected chi connectivity index (χ3v) is 4.09. The standard InChI is InChI=1S/C19H20N2O/c1-12-9-10-16-13(2)18(21-17(16)11-12)19(22)20-14(3)15-7-5-4-6-8-15/h4-11,14,21H,1-3H3,(H,20,22). The Morgan fingerprint density at radius 3 is 2.55 bits per heavy atom. The summed E-state index contributed by atoms with van der Waals surface area (Å²) < 4.78 is 0. The molecule has 1 amide bonds. The van der Waals surface area contributed by atoms with Gasteiger partial charge in [0.25, 0.3) is 5.91 Å². The summed E-state index contributed by atoms with van der Waals surface area (Å²) in [4.78, 5) is 15.8. The second kappa shape index (κ2) is 5.68. The van der Waals surface area contributed by atoms with Crippen LogP contribution in [0.5, 0.6) is 0 Å². The topological polar surface area (TPSA) is 44.9 Å². The third-order valence-electron chi connectivity index (χ3n) is 4.09. The number of fused-ring (bicyclic) bond motifs is 1. The van der Waals surface area contributed by atoms with Crippen molar-refractivity contribution < 1.29 is 4.79 Å². The fraction of sp³-hybridized carbons (Fsp3) is 0.211. The SMILES string of the molecule is Cc1ccc2c(C)c(C(=O)NC(C)c3ccccc3)[nH]c2c1. The van der Waals surface area contributed by atoms with Crippen LogP contribution in [-0.2, 0) is 0 Å².